The van der Waals surface area contributed by atoms with Crippen molar-refractivity contribution in [2.45, 2.75) is 32.9 Å². The van der Waals surface area contributed by atoms with Crippen molar-refractivity contribution in [3.05, 3.63) is 59.2 Å². The summed E-state index contributed by atoms with van der Waals surface area (Å²) >= 11 is 0. The number of benzene rings is 2. The molecule has 1 fully saturated rings. The molecule has 2 aromatic carbocycles. The van der Waals surface area contributed by atoms with Gasteiger partial charge in [0.2, 0.25) is 0 Å². The van der Waals surface area contributed by atoms with Crippen molar-refractivity contribution in [1.82, 2.24) is 0 Å². The smallest absolute Gasteiger partial charge is 0.282 e. The molecule has 0 aromatic heterocycles. The minimum Gasteiger partial charge on any atom is -0.496 e. The molecule has 0 spiro atoms. The van der Waals surface area contributed by atoms with Crippen molar-refractivity contribution in [2.75, 3.05) is 44.7 Å². The van der Waals surface area contributed by atoms with E-state index in [2.05, 4.69) is 50.2 Å². The predicted octanol–water partition coefficient (Wildman–Crippen LogP) is 0.265. The SMILES string of the molecule is COc1ccc(C)cc1C[NH+]1CC[NH+](CC(=O)N2c3ccccc3C[C@H]2C)CC1. The molecule has 1 amide bonds. The van der Waals surface area contributed by atoms with Crippen LogP contribution in [-0.4, -0.2) is 51.8 Å². The number of ether oxygens (including phenoxy) is 1. The van der Waals surface area contributed by atoms with Crippen LogP contribution in [0.2, 0.25) is 0 Å². The van der Waals surface area contributed by atoms with Crippen molar-refractivity contribution in [2.24, 2.45) is 0 Å². The van der Waals surface area contributed by atoms with Gasteiger partial charge in [-0.3, -0.25) is 4.79 Å². The maximum Gasteiger partial charge on any atom is 0.282 e. The molecular formula is C24H33N3O2+2. The second-order valence-electron chi connectivity index (χ2n) is 8.61. The zero-order valence-electron chi connectivity index (χ0n) is 17.8. The summed E-state index contributed by atoms with van der Waals surface area (Å²) in [5.41, 5.74) is 4.96. The van der Waals surface area contributed by atoms with Gasteiger partial charge in [0.25, 0.3) is 5.91 Å². The molecule has 1 atom stereocenters. The zero-order valence-corrected chi connectivity index (χ0v) is 17.8. The first-order valence-electron chi connectivity index (χ1n) is 10.8. The second-order valence-corrected chi connectivity index (χ2v) is 8.61. The molecule has 4 rings (SSSR count). The van der Waals surface area contributed by atoms with Crippen LogP contribution in [0.4, 0.5) is 5.69 Å². The Balaban J connectivity index is 1.33. The number of fused-ring (bicyclic) bond motifs is 1. The van der Waals surface area contributed by atoms with Crippen molar-refractivity contribution >= 4 is 11.6 Å². The van der Waals surface area contributed by atoms with Gasteiger partial charge in [-0.1, -0.05) is 29.8 Å². The number of aryl methyl sites for hydroxylation is 1. The summed E-state index contributed by atoms with van der Waals surface area (Å²) in [4.78, 5) is 18.1. The van der Waals surface area contributed by atoms with Gasteiger partial charge in [0.05, 0.1) is 7.11 Å². The summed E-state index contributed by atoms with van der Waals surface area (Å²) in [6.45, 7) is 10.1. The topological polar surface area (TPSA) is 38.4 Å². The largest absolute Gasteiger partial charge is 0.496 e. The summed E-state index contributed by atoms with van der Waals surface area (Å²) in [7, 11) is 1.74. The van der Waals surface area contributed by atoms with E-state index in [9.17, 15) is 4.79 Å². The van der Waals surface area contributed by atoms with E-state index in [1.807, 2.05) is 11.0 Å². The Kier molecular flexibility index (Phi) is 5.88. The number of rotatable bonds is 5. The van der Waals surface area contributed by atoms with Crippen LogP contribution >= 0.6 is 0 Å². The van der Waals surface area contributed by atoms with Gasteiger partial charge in [-0.2, -0.15) is 0 Å². The lowest BCUT2D eigenvalue weighted by molar-refractivity contribution is -1.02. The Bertz CT molecular complexity index is 874. The number of para-hydroxylation sites is 1. The van der Waals surface area contributed by atoms with Crippen LogP contribution in [0.25, 0.3) is 0 Å². The molecule has 5 heteroatoms. The van der Waals surface area contributed by atoms with E-state index in [1.54, 1.807) is 12.0 Å². The first-order valence-corrected chi connectivity index (χ1v) is 10.8. The Morgan fingerprint density at radius 3 is 2.59 bits per heavy atom. The van der Waals surface area contributed by atoms with Crippen LogP contribution in [0.3, 0.4) is 0 Å². The number of hydrogen-bond acceptors (Lipinski definition) is 2. The second kappa shape index (κ2) is 8.56. The molecule has 0 aliphatic carbocycles. The Morgan fingerprint density at radius 2 is 1.83 bits per heavy atom. The van der Waals surface area contributed by atoms with Crippen LogP contribution in [0.1, 0.15) is 23.6 Å². The third-order valence-corrected chi connectivity index (χ3v) is 6.42. The van der Waals surface area contributed by atoms with Gasteiger partial charge in [-0.15, -0.1) is 0 Å². The quantitative estimate of drug-likeness (QED) is 0.763. The molecule has 154 valence electrons. The predicted molar refractivity (Wildman–Crippen MR) is 115 cm³/mol. The molecule has 0 radical (unpaired) electrons. The summed E-state index contributed by atoms with van der Waals surface area (Å²) < 4.78 is 5.54. The normalized spacial score (nSPS) is 23.7. The van der Waals surface area contributed by atoms with Gasteiger partial charge in [-0.25, -0.2) is 0 Å². The van der Waals surface area contributed by atoms with Gasteiger partial charge in [0.1, 0.15) is 38.5 Å². The van der Waals surface area contributed by atoms with E-state index in [4.69, 9.17) is 4.74 Å². The number of methoxy groups -OCH3 is 1. The monoisotopic (exact) mass is 395 g/mol. The van der Waals surface area contributed by atoms with E-state index in [0.29, 0.717) is 6.54 Å². The van der Waals surface area contributed by atoms with Crippen molar-refractivity contribution in [3.63, 3.8) is 0 Å². The molecule has 2 aliphatic heterocycles. The van der Waals surface area contributed by atoms with Gasteiger partial charge < -0.3 is 19.4 Å². The molecule has 2 N–H and O–H groups in total. The van der Waals surface area contributed by atoms with E-state index in [1.165, 1.54) is 21.6 Å². The fraction of sp³-hybridized carbons (Fsp3) is 0.458. The van der Waals surface area contributed by atoms with Crippen LogP contribution in [-0.2, 0) is 17.8 Å². The Labute approximate surface area is 173 Å². The van der Waals surface area contributed by atoms with E-state index in [0.717, 1.165) is 50.6 Å². The summed E-state index contributed by atoms with van der Waals surface area (Å²) in [5, 5.41) is 0. The fourth-order valence-electron chi connectivity index (χ4n) is 4.87. The number of piperazine rings is 1. The third kappa shape index (κ3) is 4.31. The molecule has 0 unspecified atom stereocenters. The molecule has 2 aliphatic rings. The summed E-state index contributed by atoms with van der Waals surface area (Å²) in [6.07, 6.45) is 0.966. The number of amides is 1. The summed E-state index contributed by atoms with van der Waals surface area (Å²) in [6, 6.07) is 15.0. The lowest BCUT2D eigenvalue weighted by Crippen LogP contribution is -3.28. The highest BCUT2D eigenvalue weighted by atomic mass is 16.5. The minimum absolute atomic E-state index is 0.264. The molecule has 5 nitrogen and oxygen atoms in total. The van der Waals surface area contributed by atoms with Gasteiger partial charge in [-0.05, 0) is 44.0 Å². The molecule has 0 saturated carbocycles. The summed E-state index contributed by atoms with van der Waals surface area (Å²) in [5.74, 6) is 1.25. The van der Waals surface area contributed by atoms with Gasteiger partial charge in [0, 0.05) is 17.3 Å². The number of nitrogens with one attached hydrogen (secondary N) is 2. The number of anilines is 1. The van der Waals surface area contributed by atoms with E-state index in [-0.39, 0.29) is 11.9 Å². The number of quaternary nitrogens is 2. The van der Waals surface area contributed by atoms with Gasteiger partial charge >= 0.3 is 0 Å². The van der Waals surface area contributed by atoms with Crippen LogP contribution < -0.4 is 19.4 Å². The van der Waals surface area contributed by atoms with Crippen molar-refractivity contribution < 1.29 is 19.3 Å². The Morgan fingerprint density at radius 1 is 1.10 bits per heavy atom. The van der Waals surface area contributed by atoms with Crippen LogP contribution in [0, 0.1) is 6.92 Å². The maximum absolute atomic E-state index is 13.1. The maximum atomic E-state index is 13.1. The number of carbonyl (C=O) groups is 1. The van der Waals surface area contributed by atoms with Crippen LogP contribution in [0.5, 0.6) is 5.75 Å². The number of hydrogen-bond donors (Lipinski definition) is 2. The lowest BCUT2D eigenvalue weighted by atomic mass is 10.1. The number of carbonyl (C=O) groups excluding carboxylic acids is 1. The molecule has 29 heavy (non-hydrogen) atoms. The standard InChI is InChI=1S/C24H31N3O2/c1-18-8-9-23(29-3)21(14-18)16-25-10-12-26(13-11-25)17-24(28)27-19(2)15-20-6-4-5-7-22(20)27/h4-9,14,19H,10-13,15-17H2,1-3H3/p+2/t19-/m1/s1. The Hall–Kier alpha value is -2.37. The zero-order chi connectivity index (χ0) is 20.4. The van der Waals surface area contributed by atoms with Crippen molar-refractivity contribution in [1.29, 1.82) is 0 Å². The van der Waals surface area contributed by atoms with E-state index >= 15 is 0 Å². The first-order chi connectivity index (χ1) is 14.0. The third-order valence-electron chi connectivity index (χ3n) is 6.42. The average molecular weight is 396 g/mol. The highest BCUT2D eigenvalue weighted by Gasteiger charge is 2.34. The van der Waals surface area contributed by atoms with Crippen LogP contribution in [0.15, 0.2) is 42.5 Å². The minimum atomic E-state index is 0.264. The molecular weight excluding hydrogens is 362 g/mol. The lowest BCUT2D eigenvalue weighted by Gasteiger charge is -2.31. The van der Waals surface area contributed by atoms with Gasteiger partial charge in [0.15, 0.2) is 6.54 Å². The number of nitrogens with zero attached hydrogens (tertiary/aromatic N) is 1. The molecule has 0 bridgehead atoms. The highest BCUT2D eigenvalue weighted by molar-refractivity contribution is 5.96. The van der Waals surface area contributed by atoms with E-state index < -0.39 is 0 Å². The average Bonchev–Trinajstić information content (AvgIpc) is 3.05. The molecule has 2 aromatic rings. The first kappa shape index (κ1) is 19.9. The molecule has 1 saturated heterocycles. The van der Waals surface area contributed by atoms with Crippen molar-refractivity contribution in [3.8, 4) is 5.75 Å². The highest BCUT2D eigenvalue weighted by Crippen LogP contribution is 2.31. The molecule has 2 heterocycles. The fourth-order valence-corrected chi connectivity index (χ4v) is 4.87.